The summed E-state index contributed by atoms with van der Waals surface area (Å²) in [6.07, 6.45) is 1.38. The van der Waals surface area contributed by atoms with Gasteiger partial charge in [-0.15, -0.1) is 0 Å². The zero-order chi connectivity index (χ0) is 22.1. The summed E-state index contributed by atoms with van der Waals surface area (Å²) in [6, 6.07) is 11.5. The Morgan fingerprint density at radius 2 is 1.80 bits per heavy atom. The van der Waals surface area contributed by atoms with Gasteiger partial charge in [0.2, 0.25) is 0 Å². The first-order chi connectivity index (χ1) is 14.4. The van der Waals surface area contributed by atoms with Crippen molar-refractivity contribution >= 4 is 17.3 Å². The van der Waals surface area contributed by atoms with Crippen molar-refractivity contribution in [2.45, 2.75) is 34.3 Å². The molecule has 2 rings (SSSR count). The third-order valence-electron chi connectivity index (χ3n) is 4.57. The molecule has 6 nitrogen and oxygen atoms in total. The van der Waals surface area contributed by atoms with Crippen molar-refractivity contribution in [1.82, 2.24) is 0 Å². The van der Waals surface area contributed by atoms with Crippen LogP contribution in [0, 0.1) is 13.8 Å². The lowest BCUT2D eigenvalue weighted by molar-refractivity contribution is -0.133. The molecule has 0 atom stereocenters. The molecule has 0 aliphatic carbocycles. The Kier molecular flexibility index (Phi) is 8.47. The minimum atomic E-state index is -0.468. The molecule has 6 heteroatoms. The fraction of sp³-hybridized carbons (Fsp3) is 0.333. The van der Waals surface area contributed by atoms with E-state index < -0.39 is 5.97 Å². The van der Waals surface area contributed by atoms with E-state index >= 15 is 0 Å². The predicted molar refractivity (Wildman–Crippen MR) is 118 cm³/mol. The third-order valence-corrected chi connectivity index (χ3v) is 4.57. The smallest absolute Gasteiger partial charge is 0.341 e. The number of ether oxygens (including phenoxy) is 3. The van der Waals surface area contributed by atoms with Gasteiger partial charge in [0.15, 0.2) is 0 Å². The number of oxime groups is 1. The number of hydrogen-bond donors (Lipinski definition) is 0. The van der Waals surface area contributed by atoms with E-state index in [1.54, 1.807) is 0 Å². The number of esters is 1. The lowest BCUT2D eigenvalue weighted by Crippen LogP contribution is -2.09. The molecule has 0 heterocycles. The second-order valence-corrected chi connectivity index (χ2v) is 6.73. The second kappa shape index (κ2) is 11.0. The van der Waals surface area contributed by atoms with Crippen molar-refractivity contribution in [2.24, 2.45) is 5.16 Å². The van der Waals surface area contributed by atoms with Gasteiger partial charge in [0.05, 0.1) is 26.2 Å². The number of carbonyl (C=O) groups is 1. The molecule has 2 aromatic rings. The summed E-state index contributed by atoms with van der Waals surface area (Å²) in [5.74, 6) is 0.301. The van der Waals surface area contributed by atoms with Crippen molar-refractivity contribution in [3.8, 4) is 5.75 Å². The predicted octanol–water partition coefficient (Wildman–Crippen LogP) is 4.80. The quantitative estimate of drug-likeness (QED) is 0.195. The van der Waals surface area contributed by atoms with Crippen LogP contribution in [-0.4, -0.2) is 32.5 Å². The largest absolute Gasteiger partial charge is 0.503 e. The highest BCUT2D eigenvalue weighted by atomic mass is 16.6. The Morgan fingerprint density at radius 1 is 1.07 bits per heavy atom. The van der Waals surface area contributed by atoms with E-state index in [1.165, 1.54) is 20.5 Å². The maximum absolute atomic E-state index is 12.2. The Hall–Kier alpha value is -3.28. The Labute approximate surface area is 178 Å². The normalized spacial score (nSPS) is 11.8. The van der Waals surface area contributed by atoms with E-state index in [4.69, 9.17) is 19.0 Å². The fourth-order valence-electron chi connectivity index (χ4n) is 3.06. The zero-order valence-corrected chi connectivity index (χ0v) is 18.4. The van der Waals surface area contributed by atoms with Crippen LogP contribution in [0.3, 0.4) is 0 Å². The highest BCUT2D eigenvalue weighted by Crippen LogP contribution is 2.27. The summed E-state index contributed by atoms with van der Waals surface area (Å²) >= 11 is 0. The molecule has 0 aromatic heterocycles. The standard InChI is InChI=1S/C24H29NO5/c1-7-30-25-18(4)21-12-17(3)23(13-16(21)2)29-14-19-10-8-9-11-20(19)22(15-27-5)24(26)28-6/h8-13,15H,7,14H2,1-6H3. The lowest BCUT2D eigenvalue weighted by Gasteiger charge is -2.16. The van der Waals surface area contributed by atoms with Crippen LogP contribution < -0.4 is 4.74 Å². The van der Waals surface area contributed by atoms with Crippen LogP contribution in [-0.2, 0) is 25.7 Å². The van der Waals surface area contributed by atoms with E-state index in [9.17, 15) is 4.79 Å². The maximum atomic E-state index is 12.2. The van der Waals surface area contributed by atoms with E-state index in [0.717, 1.165) is 33.7 Å². The minimum absolute atomic E-state index is 0.292. The highest BCUT2D eigenvalue weighted by molar-refractivity contribution is 6.16. The molecule has 160 valence electrons. The summed E-state index contributed by atoms with van der Waals surface area (Å²) < 4.78 is 16.1. The number of rotatable bonds is 9. The molecule has 0 radical (unpaired) electrons. The van der Waals surface area contributed by atoms with Gasteiger partial charge in [-0.2, -0.15) is 0 Å². The first-order valence-corrected chi connectivity index (χ1v) is 9.73. The molecule has 2 aromatic carbocycles. The van der Waals surface area contributed by atoms with Crippen molar-refractivity contribution in [1.29, 1.82) is 0 Å². The van der Waals surface area contributed by atoms with Gasteiger partial charge in [-0.25, -0.2) is 4.79 Å². The molecular weight excluding hydrogens is 382 g/mol. The van der Waals surface area contributed by atoms with E-state index in [0.29, 0.717) is 24.4 Å². The summed E-state index contributed by atoms with van der Waals surface area (Å²) in [4.78, 5) is 17.3. The number of hydrogen-bond acceptors (Lipinski definition) is 6. The van der Waals surface area contributed by atoms with Gasteiger partial charge in [0.25, 0.3) is 0 Å². The van der Waals surface area contributed by atoms with Crippen LogP contribution in [0.5, 0.6) is 5.75 Å². The van der Waals surface area contributed by atoms with E-state index in [-0.39, 0.29) is 0 Å². The third kappa shape index (κ3) is 5.63. The van der Waals surface area contributed by atoms with Crippen molar-refractivity contribution in [2.75, 3.05) is 20.8 Å². The van der Waals surface area contributed by atoms with Gasteiger partial charge in [0.1, 0.15) is 24.5 Å². The van der Waals surface area contributed by atoms with Crippen molar-refractivity contribution in [3.63, 3.8) is 0 Å². The van der Waals surface area contributed by atoms with Gasteiger partial charge in [-0.05, 0) is 62.1 Å². The monoisotopic (exact) mass is 411 g/mol. The highest BCUT2D eigenvalue weighted by Gasteiger charge is 2.17. The van der Waals surface area contributed by atoms with Crippen molar-refractivity contribution < 1.29 is 23.8 Å². The molecule has 0 saturated heterocycles. The minimum Gasteiger partial charge on any atom is -0.503 e. The van der Waals surface area contributed by atoms with Crippen LogP contribution in [0.15, 0.2) is 47.8 Å². The van der Waals surface area contributed by atoms with E-state index in [2.05, 4.69) is 5.16 Å². The SMILES string of the molecule is CCON=C(C)c1cc(C)c(OCc2ccccc2C(=COC)C(=O)OC)cc1C. The number of methoxy groups -OCH3 is 2. The van der Waals surface area contributed by atoms with Gasteiger partial charge < -0.3 is 19.0 Å². The van der Waals surface area contributed by atoms with Crippen LogP contribution in [0.25, 0.3) is 5.57 Å². The molecule has 30 heavy (non-hydrogen) atoms. The topological polar surface area (TPSA) is 66.3 Å². The van der Waals surface area contributed by atoms with Gasteiger partial charge in [-0.3, -0.25) is 0 Å². The lowest BCUT2D eigenvalue weighted by atomic mass is 10.0. The molecule has 0 unspecified atom stereocenters. The molecule has 0 N–H and O–H groups in total. The first kappa shape index (κ1) is 23.0. The molecule has 0 amide bonds. The summed E-state index contributed by atoms with van der Waals surface area (Å²) in [5.41, 5.74) is 5.76. The van der Waals surface area contributed by atoms with Crippen LogP contribution in [0.4, 0.5) is 0 Å². The Balaban J connectivity index is 2.29. The maximum Gasteiger partial charge on any atom is 0.341 e. The van der Waals surface area contributed by atoms with Crippen molar-refractivity contribution in [3.05, 3.63) is 70.5 Å². The molecule has 0 aliphatic heterocycles. The van der Waals surface area contributed by atoms with Gasteiger partial charge in [0, 0.05) is 5.56 Å². The second-order valence-electron chi connectivity index (χ2n) is 6.73. The summed E-state index contributed by atoms with van der Waals surface area (Å²) in [7, 11) is 2.84. The molecule has 0 bridgehead atoms. The first-order valence-electron chi connectivity index (χ1n) is 9.73. The number of carbonyl (C=O) groups excluding carboxylic acids is 1. The average molecular weight is 411 g/mol. The number of aryl methyl sites for hydroxylation is 2. The number of nitrogens with zero attached hydrogens (tertiary/aromatic N) is 1. The summed E-state index contributed by atoms with van der Waals surface area (Å²) in [5, 5.41) is 4.13. The fourth-order valence-corrected chi connectivity index (χ4v) is 3.06. The van der Waals surface area contributed by atoms with E-state index in [1.807, 2.05) is 64.1 Å². The van der Waals surface area contributed by atoms with Crippen LogP contribution >= 0.6 is 0 Å². The molecule has 0 aliphatic rings. The molecule has 0 saturated carbocycles. The van der Waals surface area contributed by atoms with Crippen LogP contribution in [0.2, 0.25) is 0 Å². The Morgan fingerprint density at radius 3 is 2.47 bits per heavy atom. The summed E-state index contributed by atoms with van der Waals surface area (Å²) in [6.45, 7) is 8.64. The zero-order valence-electron chi connectivity index (χ0n) is 18.4. The van der Waals surface area contributed by atoms with Gasteiger partial charge >= 0.3 is 5.97 Å². The molecule has 0 spiro atoms. The van der Waals surface area contributed by atoms with Gasteiger partial charge in [-0.1, -0.05) is 29.4 Å². The average Bonchev–Trinajstić information content (AvgIpc) is 2.75. The molecular formula is C24H29NO5. The Bertz CT molecular complexity index is 947. The number of benzene rings is 2. The van der Waals surface area contributed by atoms with Crippen LogP contribution in [0.1, 0.15) is 41.7 Å². The molecule has 0 fully saturated rings.